The highest BCUT2D eigenvalue weighted by Gasteiger charge is 2.12. The molecule has 0 aromatic heterocycles. The summed E-state index contributed by atoms with van der Waals surface area (Å²) in [6, 6.07) is 0. The van der Waals surface area contributed by atoms with Gasteiger partial charge in [0.25, 0.3) is 0 Å². The maximum absolute atomic E-state index is 10.6. The van der Waals surface area contributed by atoms with Crippen LogP contribution >= 0.6 is 0 Å². The molecule has 0 radical (unpaired) electrons. The van der Waals surface area contributed by atoms with E-state index in [1.807, 2.05) is 0 Å². The lowest BCUT2D eigenvalue weighted by atomic mass is 10.0. The van der Waals surface area contributed by atoms with Gasteiger partial charge in [0.2, 0.25) is 0 Å². The Morgan fingerprint density at radius 1 is 1.50 bits per heavy atom. The number of carbonyl (C=O) groups is 2. The van der Waals surface area contributed by atoms with Crippen LogP contribution in [0.4, 0.5) is 0 Å². The molecule has 0 bridgehead atoms. The van der Waals surface area contributed by atoms with Crippen LogP contribution in [0.25, 0.3) is 0 Å². The van der Waals surface area contributed by atoms with Crippen LogP contribution in [0.5, 0.6) is 0 Å². The minimum absolute atomic E-state index is 0.0189. The summed E-state index contributed by atoms with van der Waals surface area (Å²) in [5, 5.41) is 0. The molecule has 58 valence electrons. The highest BCUT2D eigenvalue weighted by molar-refractivity contribution is 5.83. The van der Waals surface area contributed by atoms with E-state index in [1.165, 1.54) is 14.0 Å². The van der Waals surface area contributed by atoms with E-state index in [1.54, 1.807) is 6.92 Å². The highest BCUT2D eigenvalue weighted by Crippen LogP contribution is 2.03. The average molecular weight is 144 g/mol. The van der Waals surface area contributed by atoms with Crippen molar-refractivity contribution in [3.63, 3.8) is 0 Å². The molecular formula is C7H12O3. The zero-order valence-electron chi connectivity index (χ0n) is 6.51. The molecule has 0 aromatic rings. The van der Waals surface area contributed by atoms with Crippen LogP contribution in [0, 0.1) is 5.92 Å². The van der Waals surface area contributed by atoms with Crippen molar-refractivity contribution in [3.05, 3.63) is 0 Å². The number of methoxy groups -OCH3 is 1. The number of carbonyl (C=O) groups excluding carboxylic acids is 2. The second-order valence-corrected chi connectivity index (χ2v) is 2.29. The first kappa shape index (κ1) is 9.14. The molecule has 0 rings (SSSR count). The van der Waals surface area contributed by atoms with Crippen molar-refractivity contribution in [2.24, 2.45) is 5.92 Å². The van der Waals surface area contributed by atoms with Crippen LogP contribution in [0.2, 0.25) is 0 Å². The van der Waals surface area contributed by atoms with Crippen LogP contribution in [0.15, 0.2) is 0 Å². The molecule has 0 aliphatic heterocycles. The fourth-order valence-corrected chi connectivity index (χ4v) is 0.477. The number of ether oxygens (including phenoxy) is 1. The first-order valence-electron chi connectivity index (χ1n) is 3.15. The van der Waals surface area contributed by atoms with Crippen molar-refractivity contribution in [2.45, 2.75) is 20.3 Å². The zero-order valence-corrected chi connectivity index (χ0v) is 6.51. The Hall–Kier alpha value is -0.860. The largest absolute Gasteiger partial charge is 0.469 e. The van der Waals surface area contributed by atoms with Gasteiger partial charge in [-0.3, -0.25) is 9.59 Å². The summed E-state index contributed by atoms with van der Waals surface area (Å²) in [5.41, 5.74) is 0. The Kier molecular flexibility index (Phi) is 3.69. The van der Waals surface area contributed by atoms with Gasteiger partial charge < -0.3 is 4.74 Å². The monoisotopic (exact) mass is 144 g/mol. The average Bonchev–Trinajstić information content (AvgIpc) is 1.87. The molecule has 0 heterocycles. The Bertz CT molecular complexity index is 140. The molecule has 3 heteroatoms. The summed E-state index contributed by atoms with van der Waals surface area (Å²) in [6.45, 7) is 3.17. The van der Waals surface area contributed by atoms with E-state index >= 15 is 0 Å². The molecule has 3 nitrogen and oxygen atoms in total. The van der Waals surface area contributed by atoms with Gasteiger partial charge in [-0.1, -0.05) is 6.92 Å². The second-order valence-electron chi connectivity index (χ2n) is 2.29. The van der Waals surface area contributed by atoms with Crippen molar-refractivity contribution in [1.82, 2.24) is 0 Å². The maximum atomic E-state index is 10.6. The van der Waals surface area contributed by atoms with Gasteiger partial charge in [0.05, 0.1) is 13.5 Å². The fourth-order valence-electron chi connectivity index (χ4n) is 0.477. The van der Waals surface area contributed by atoms with Crippen molar-refractivity contribution in [1.29, 1.82) is 0 Å². The molecule has 0 saturated heterocycles. The lowest BCUT2D eigenvalue weighted by Gasteiger charge is -2.03. The topological polar surface area (TPSA) is 43.4 Å². The van der Waals surface area contributed by atoms with Crippen molar-refractivity contribution in [3.8, 4) is 0 Å². The van der Waals surface area contributed by atoms with Crippen LogP contribution in [-0.2, 0) is 14.3 Å². The van der Waals surface area contributed by atoms with E-state index in [0.717, 1.165) is 0 Å². The van der Waals surface area contributed by atoms with Gasteiger partial charge in [0, 0.05) is 5.92 Å². The maximum Gasteiger partial charge on any atom is 0.306 e. The molecule has 10 heavy (non-hydrogen) atoms. The summed E-state index contributed by atoms with van der Waals surface area (Å²) in [5.74, 6) is -0.527. The van der Waals surface area contributed by atoms with E-state index < -0.39 is 0 Å². The summed E-state index contributed by atoms with van der Waals surface area (Å²) in [4.78, 5) is 21.1. The Labute approximate surface area is 60.4 Å². The number of rotatable bonds is 3. The lowest BCUT2D eigenvalue weighted by molar-refractivity contribution is -0.143. The van der Waals surface area contributed by atoms with Gasteiger partial charge in [0.1, 0.15) is 5.78 Å². The number of ketones is 1. The van der Waals surface area contributed by atoms with Crippen LogP contribution in [0.3, 0.4) is 0 Å². The molecule has 1 atom stereocenters. The molecule has 0 aromatic carbocycles. The summed E-state index contributed by atoms with van der Waals surface area (Å²) in [7, 11) is 1.31. The molecule has 0 spiro atoms. The zero-order chi connectivity index (χ0) is 8.15. The van der Waals surface area contributed by atoms with E-state index in [-0.39, 0.29) is 24.1 Å². The first-order chi connectivity index (χ1) is 4.57. The molecule has 0 fully saturated rings. The lowest BCUT2D eigenvalue weighted by Crippen LogP contribution is -2.13. The summed E-state index contributed by atoms with van der Waals surface area (Å²) < 4.78 is 4.38. The Balaban J connectivity index is 3.68. The normalized spacial score (nSPS) is 12.3. The van der Waals surface area contributed by atoms with E-state index in [9.17, 15) is 9.59 Å². The molecule has 0 aliphatic carbocycles. The fraction of sp³-hybridized carbons (Fsp3) is 0.714. The van der Waals surface area contributed by atoms with E-state index in [0.29, 0.717) is 0 Å². The minimum atomic E-state index is -0.331. The molecular weight excluding hydrogens is 132 g/mol. The molecule has 0 amide bonds. The van der Waals surface area contributed by atoms with Crippen molar-refractivity contribution >= 4 is 11.8 Å². The van der Waals surface area contributed by atoms with Crippen LogP contribution in [-0.4, -0.2) is 18.9 Å². The number of Topliss-reactive ketones (excluding diaryl/α,β-unsaturated/α-hetero) is 1. The van der Waals surface area contributed by atoms with E-state index in [4.69, 9.17) is 0 Å². The summed E-state index contributed by atoms with van der Waals surface area (Å²) in [6.07, 6.45) is 0.186. The Morgan fingerprint density at radius 3 is 2.30 bits per heavy atom. The summed E-state index contributed by atoms with van der Waals surface area (Å²) >= 11 is 0. The van der Waals surface area contributed by atoms with Crippen LogP contribution in [0.1, 0.15) is 20.3 Å². The second kappa shape index (κ2) is 4.04. The highest BCUT2D eigenvalue weighted by atomic mass is 16.5. The first-order valence-corrected chi connectivity index (χ1v) is 3.15. The van der Waals surface area contributed by atoms with Gasteiger partial charge in [-0.2, -0.15) is 0 Å². The van der Waals surface area contributed by atoms with Gasteiger partial charge in [0.15, 0.2) is 0 Å². The minimum Gasteiger partial charge on any atom is -0.469 e. The SMILES string of the molecule is COC(=O)C[C@H](C)C(C)=O. The standard InChI is InChI=1S/C7H12O3/c1-5(6(2)8)4-7(9)10-3/h5H,4H2,1-3H3/t5-/m0/s1. The van der Waals surface area contributed by atoms with Gasteiger partial charge >= 0.3 is 5.97 Å². The molecule has 0 unspecified atom stereocenters. The van der Waals surface area contributed by atoms with E-state index in [2.05, 4.69) is 4.74 Å². The third-order valence-corrected chi connectivity index (χ3v) is 1.39. The quantitative estimate of drug-likeness (QED) is 0.549. The predicted molar refractivity (Wildman–Crippen MR) is 36.5 cm³/mol. The number of hydrogen-bond acceptors (Lipinski definition) is 3. The number of esters is 1. The van der Waals surface area contributed by atoms with Crippen molar-refractivity contribution < 1.29 is 14.3 Å². The molecule has 0 aliphatic rings. The van der Waals surface area contributed by atoms with Crippen LogP contribution < -0.4 is 0 Å². The third kappa shape index (κ3) is 3.22. The van der Waals surface area contributed by atoms with Gasteiger partial charge in [-0.15, -0.1) is 0 Å². The Morgan fingerprint density at radius 2 is 2.00 bits per heavy atom. The number of hydrogen-bond donors (Lipinski definition) is 0. The molecule has 0 saturated carbocycles. The van der Waals surface area contributed by atoms with Gasteiger partial charge in [-0.25, -0.2) is 0 Å². The van der Waals surface area contributed by atoms with Crippen molar-refractivity contribution in [2.75, 3.05) is 7.11 Å². The predicted octanol–water partition coefficient (Wildman–Crippen LogP) is 0.775. The third-order valence-electron chi connectivity index (χ3n) is 1.39. The molecule has 0 N–H and O–H groups in total. The smallest absolute Gasteiger partial charge is 0.306 e. The van der Waals surface area contributed by atoms with Gasteiger partial charge in [-0.05, 0) is 6.92 Å².